The third kappa shape index (κ3) is 6.24. The van der Waals surface area contributed by atoms with E-state index in [2.05, 4.69) is 60.5 Å². The van der Waals surface area contributed by atoms with Crippen LogP contribution in [-0.4, -0.2) is 67.2 Å². The number of carbonyl (C=O) groups excluding carboxylic acids is 2. The lowest BCUT2D eigenvalue weighted by Gasteiger charge is -2.64. The van der Waals surface area contributed by atoms with Crippen molar-refractivity contribution in [2.45, 2.75) is 90.4 Å². The third-order valence-corrected chi connectivity index (χ3v) is 9.09. The van der Waals surface area contributed by atoms with E-state index in [0.717, 1.165) is 6.42 Å². The highest BCUT2D eigenvalue weighted by molar-refractivity contribution is 6.48. The van der Waals surface area contributed by atoms with Crippen LogP contribution in [0, 0.1) is 23.2 Å². The van der Waals surface area contributed by atoms with Crippen LogP contribution in [0.4, 0.5) is 0 Å². The van der Waals surface area contributed by atoms with Crippen molar-refractivity contribution in [3.63, 3.8) is 0 Å². The number of guanidine groups is 1. The van der Waals surface area contributed by atoms with Crippen LogP contribution >= 0.6 is 0 Å². The molecule has 4 aliphatic rings. The van der Waals surface area contributed by atoms with Gasteiger partial charge in [0, 0.05) is 19.8 Å². The second kappa shape index (κ2) is 11.8. The molecule has 2 amide bonds. The molecule has 0 radical (unpaired) electrons. The molecule has 214 valence electrons. The third-order valence-electron chi connectivity index (χ3n) is 9.09. The normalized spacial score (nSPS) is 28.7. The zero-order valence-electron chi connectivity index (χ0n) is 24.2. The first-order valence-electron chi connectivity index (χ1n) is 14.3. The van der Waals surface area contributed by atoms with Gasteiger partial charge < -0.3 is 31.0 Å². The average Bonchev–Trinajstić information content (AvgIpc) is 3.27. The van der Waals surface area contributed by atoms with E-state index in [4.69, 9.17) is 15.0 Å². The first-order chi connectivity index (χ1) is 18.5. The fourth-order valence-electron chi connectivity index (χ4n) is 6.70. The van der Waals surface area contributed by atoms with Gasteiger partial charge in [-0.2, -0.15) is 0 Å². The number of pyridine rings is 1. The van der Waals surface area contributed by atoms with Crippen molar-refractivity contribution >= 4 is 24.9 Å². The molecule has 2 bridgehead atoms. The van der Waals surface area contributed by atoms with Gasteiger partial charge in [-0.3, -0.25) is 19.6 Å². The molecule has 0 unspecified atom stereocenters. The van der Waals surface area contributed by atoms with Crippen molar-refractivity contribution in [2.75, 3.05) is 13.6 Å². The Labute approximate surface area is 232 Å². The molecule has 3 aliphatic carbocycles. The van der Waals surface area contributed by atoms with Crippen molar-refractivity contribution in [3.8, 4) is 0 Å². The van der Waals surface area contributed by atoms with Gasteiger partial charge in [0.05, 0.1) is 17.6 Å². The summed E-state index contributed by atoms with van der Waals surface area (Å²) in [6.45, 7) is 11.6. The van der Waals surface area contributed by atoms with Gasteiger partial charge >= 0.3 is 7.12 Å². The van der Waals surface area contributed by atoms with Crippen LogP contribution in [0.15, 0.2) is 29.4 Å². The Morgan fingerprint density at radius 1 is 1.23 bits per heavy atom. The molecular formula is C28H45BN6O4. The minimum atomic E-state index is -0.762. The number of amides is 2. The number of nitrogens with two attached hydrogens (primary N) is 1. The van der Waals surface area contributed by atoms with Crippen LogP contribution in [0.2, 0.25) is 0 Å². The number of nitrogens with zero attached hydrogens (tertiary/aromatic N) is 2. The van der Waals surface area contributed by atoms with Gasteiger partial charge in [0.25, 0.3) is 5.91 Å². The summed E-state index contributed by atoms with van der Waals surface area (Å²) in [7, 11) is 1.07. The van der Waals surface area contributed by atoms with Crippen molar-refractivity contribution in [2.24, 2.45) is 33.9 Å². The Kier molecular flexibility index (Phi) is 8.90. The molecule has 11 heteroatoms. The summed E-state index contributed by atoms with van der Waals surface area (Å²) in [6, 6.07) is 4.35. The van der Waals surface area contributed by atoms with Gasteiger partial charge in [-0.15, -0.1) is 0 Å². The van der Waals surface area contributed by atoms with Crippen molar-refractivity contribution in [3.05, 3.63) is 30.1 Å². The minimum Gasteiger partial charge on any atom is -0.404 e. The molecule has 1 aromatic heterocycles. The maximum atomic E-state index is 13.7. The van der Waals surface area contributed by atoms with E-state index in [1.165, 1.54) is 6.42 Å². The predicted molar refractivity (Wildman–Crippen MR) is 152 cm³/mol. The SMILES string of the molecule is CN=C(N)NCCC[C@H](NC(=O)c1ccccn1)C(=O)N[C@@H](CC(C)C)B1O[C@@H]2C[C@@H]3C[C@@H](C3(C)C)[C@]2(C)O1. The zero-order chi connectivity index (χ0) is 28.4. The van der Waals surface area contributed by atoms with E-state index in [0.29, 0.717) is 49.5 Å². The van der Waals surface area contributed by atoms with E-state index < -0.39 is 19.1 Å². The molecule has 1 aliphatic heterocycles. The summed E-state index contributed by atoms with van der Waals surface area (Å²) in [5.74, 6) is 0.725. The largest absolute Gasteiger partial charge is 0.481 e. The highest BCUT2D eigenvalue weighted by Gasteiger charge is 2.68. The summed E-state index contributed by atoms with van der Waals surface area (Å²) in [5, 5.41) is 9.07. The summed E-state index contributed by atoms with van der Waals surface area (Å²) in [6.07, 6.45) is 5.44. The zero-order valence-corrected chi connectivity index (χ0v) is 24.2. The maximum absolute atomic E-state index is 13.7. The smallest absolute Gasteiger partial charge is 0.404 e. The topological polar surface area (TPSA) is 140 Å². The van der Waals surface area contributed by atoms with E-state index in [1.807, 2.05) is 0 Å². The van der Waals surface area contributed by atoms with E-state index in [9.17, 15) is 9.59 Å². The predicted octanol–water partition coefficient (Wildman–Crippen LogP) is 2.29. The van der Waals surface area contributed by atoms with Crippen molar-refractivity contribution < 1.29 is 18.9 Å². The number of nitrogens with one attached hydrogen (secondary N) is 3. The van der Waals surface area contributed by atoms with E-state index in [-0.39, 0.29) is 34.7 Å². The molecule has 10 nitrogen and oxygen atoms in total. The summed E-state index contributed by atoms with van der Waals surface area (Å²) >= 11 is 0. The summed E-state index contributed by atoms with van der Waals surface area (Å²) < 4.78 is 13.2. The molecule has 1 aromatic rings. The highest BCUT2D eigenvalue weighted by atomic mass is 16.7. The molecule has 5 N–H and O–H groups in total. The number of aliphatic imine (C=N–C) groups is 1. The standard InChI is InChI=1S/C28H45BN6O4/c1-17(2)14-23(29-38-22-16-18-15-21(27(18,3)4)28(22,5)39-29)35-25(37)20(11-9-13-33-26(30)31-6)34-24(36)19-10-7-8-12-32-19/h7-8,10,12,17-18,20-23H,9,11,13-16H2,1-6H3,(H,34,36)(H,35,37)(H3,30,31,33)/t18-,20-,21-,22+,23-,28-/m0/s1. The van der Waals surface area contributed by atoms with Crippen LogP contribution in [0.5, 0.6) is 0 Å². The number of hydrogen-bond acceptors (Lipinski definition) is 6. The lowest BCUT2D eigenvalue weighted by atomic mass is 9.43. The maximum Gasteiger partial charge on any atom is 0.481 e. The van der Waals surface area contributed by atoms with Gasteiger partial charge in [0.15, 0.2) is 5.96 Å². The Morgan fingerprint density at radius 2 is 2.00 bits per heavy atom. The minimum absolute atomic E-state index is 0.0299. The molecule has 1 saturated heterocycles. The second-order valence-corrected chi connectivity index (χ2v) is 12.5. The Hall–Kier alpha value is -2.66. The molecular weight excluding hydrogens is 495 g/mol. The van der Waals surface area contributed by atoms with Crippen LogP contribution in [0.3, 0.4) is 0 Å². The first-order valence-corrected chi connectivity index (χ1v) is 14.3. The van der Waals surface area contributed by atoms with Crippen LogP contribution < -0.4 is 21.7 Å². The van der Waals surface area contributed by atoms with Crippen molar-refractivity contribution in [1.82, 2.24) is 20.9 Å². The Bertz CT molecular complexity index is 1050. The molecule has 5 rings (SSSR count). The first kappa shape index (κ1) is 29.3. The van der Waals surface area contributed by atoms with Crippen LogP contribution in [0.1, 0.15) is 77.2 Å². The molecule has 3 saturated carbocycles. The van der Waals surface area contributed by atoms with Gasteiger partial charge in [0.2, 0.25) is 5.91 Å². The fraction of sp³-hybridized carbons (Fsp3) is 0.714. The van der Waals surface area contributed by atoms with E-state index >= 15 is 0 Å². The lowest BCUT2D eigenvalue weighted by molar-refractivity contribution is -0.199. The van der Waals surface area contributed by atoms with Gasteiger partial charge in [-0.25, -0.2) is 0 Å². The number of carbonyl (C=O) groups is 2. The molecule has 39 heavy (non-hydrogen) atoms. The molecule has 2 heterocycles. The molecule has 4 fully saturated rings. The van der Waals surface area contributed by atoms with Gasteiger partial charge in [-0.1, -0.05) is 33.8 Å². The average molecular weight is 541 g/mol. The fourth-order valence-corrected chi connectivity index (χ4v) is 6.70. The number of hydrogen-bond donors (Lipinski definition) is 4. The Morgan fingerprint density at radius 3 is 2.64 bits per heavy atom. The Balaban J connectivity index is 1.46. The number of rotatable bonds is 11. The van der Waals surface area contributed by atoms with E-state index in [1.54, 1.807) is 31.4 Å². The number of aromatic nitrogens is 1. The summed E-state index contributed by atoms with van der Waals surface area (Å²) in [4.78, 5) is 34.6. The lowest BCUT2D eigenvalue weighted by Crippen LogP contribution is -2.65. The highest BCUT2D eigenvalue weighted by Crippen LogP contribution is 2.65. The summed E-state index contributed by atoms with van der Waals surface area (Å²) in [5.41, 5.74) is 5.87. The van der Waals surface area contributed by atoms with Gasteiger partial charge in [0.1, 0.15) is 11.7 Å². The molecule has 0 spiro atoms. The monoisotopic (exact) mass is 540 g/mol. The van der Waals surface area contributed by atoms with Crippen LogP contribution in [0.25, 0.3) is 0 Å². The van der Waals surface area contributed by atoms with Crippen LogP contribution in [-0.2, 0) is 14.1 Å². The quantitative estimate of drug-likeness (QED) is 0.146. The molecule has 0 aromatic carbocycles. The molecule has 6 atom stereocenters. The van der Waals surface area contributed by atoms with Gasteiger partial charge in [-0.05, 0) is 74.3 Å². The van der Waals surface area contributed by atoms with Crippen molar-refractivity contribution in [1.29, 1.82) is 0 Å². The second-order valence-electron chi connectivity index (χ2n) is 12.5.